The van der Waals surface area contributed by atoms with E-state index in [-0.39, 0.29) is 42.9 Å². The molecule has 0 bridgehead atoms. The molecule has 5 nitrogen and oxygen atoms in total. The van der Waals surface area contributed by atoms with Gasteiger partial charge in [0, 0.05) is 43.4 Å². The minimum absolute atomic E-state index is 0. The molecule has 1 amide bonds. The van der Waals surface area contributed by atoms with Crippen molar-refractivity contribution < 1.29 is 9.53 Å². The van der Waals surface area contributed by atoms with Crippen molar-refractivity contribution in [2.24, 2.45) is 0 Å². The van der Waals surface area contributed by atoms with Gasteiger partial charge >= 0.3 is 0 Å². The molecule has 0 saturated carbocycles. The van der Waals surface area contributed by atoms with E-state index in [0.29, 0.717) is 6.61 Å². The Balaban J connectivity index is 0.00000156. The lowest BCUT2D eigenvalue weighted by Gasteiger charge is -2.29. The summed E-state index contributed by atoms with van der Waals surface area (Å²) >= 11 is 2.02. The zero-order valence-electron chi connectivity index (χ0n) is 14.4. The molecule has 0 aliphatic carbocycles. The van der Waals surface area contributed by atoms with Crippen LogP contribution < -0.4 is 10.6 Å². The SMILES string of the molecule is C[C@H]1OCCN[C@@H]1C(=O)Nc1cccc(CN2CCSCC2)c1.Cl.Cl. The molecule has 2 saturated heterocycles. The molecule has 2 N–H and O–H groups in total. The van der Waals surface area contributed by atoms with Crippen LogP contribution in [-0.4, -0.2) is 60.7 Å². The van der Waals surface area contributed by atoms with Gasteiger partial charge in [-0.2, -0.15) is 11.8 Å². The summed E-state index contributed by atoms with van der Waals surface area (Å²) in [7, 11) is 0. The van der Waals surface area contributed by atoms with Gasteiger partial charge in [-0.15, -0.1) is 24.8 Å². The lowest BCUT2D eigenvalue weighted by molar-refractivity contribution is -0.123. The van der Waals surface area contributed by atoms with Gasteiger partial charge < -0.3 is 15.4 Å². The van der Waals surface area contributed by atoms with E-state index in [1.165, 1.54) is 17.1 Å². The number of morpholine rings is 1. The number of benzene rings is 1. The Morgan fingerprint density at radius 2 is 2.12 bits per heavy atom. The molecule has 1 aromatic rings. The van der Waals surface area contributed by atoms with Crippen molar-refractivity contribution in [1.29, 1.82) is 0 Å². The topological polar surface area (TPSA) is 53.6 Å². The van der Waals surface area contributed by atoms with Crippen LogP contribution in [-0.2, 0) is 16.1 Å². The Morgan fingerprint density at radius 1 is 1.36 bits per heavy atom. The van der Waals surface area contributed by atoms with E-state index in [0.717, 1.165) is 31.9 Å². The van der Waals surface area contributed by atoms with Crippen molar-refractivity contribution in [3.63, 3.8) is 0 Å². The summed E-state index contributed by atoms with van der Waals surface area (Å²) < 4.78 is 5.54. The molecule has 25 heavy (non-hydrogen) atoms. The maximum Gasteiger partial charge on any atom is 0.244 e. The number of nitrogens with zero attached hydrogens (tertiary/aromatic N) is 1. The van der Waals surface area contributed by atoms with Gasteiger partial charge in [-0.3, -0.25) is 9.69 Å². The number of nitrogens with one attached hydrogen (secondary N) is 2. The van der Waals surface area contributed by atoms with E-state index < -0.39 is 0 Å². The highest BCUT2D eigenvalue weighted by Gasteiger charge is 2.28. The first-order chi connectivity index (χ1) is 11.2. The fourth-order valence-electron chi connectivity index (χ4n) is 3.01. The number of hydrogen-bond donors (Lipinski definition) is 2. The van der Waals surface area contributed by atoms with E-state index >= 15 is 0 Å². The molecule has 2 aliphatic heterocycles. The number of ether oxygens (including phenoxy) is 1. The number of rotatable bonds is 4. The summed E-state index contributed by atoms with van der Waals surface area (Å²) in [5.74, 6) is 2.40. The quantitative estimate of drug-likeness (QED) is 0.802. The molecule has 2 fully saturated rings. The molecule has 3 rings (SSSR count). The van der Waals surface area contributed by atoms with Crippen molar-refractivity contribution >= 4 is 48.2 Å². The standard InChI is InChI=1S/C17H25N3O2S.2ClH/c1-13-16(18-5-8-22-13)17(21)19-15-4-2-3-14(11-15)12-20-6-9-23-10-7-20;;/h2-4,11,13,16,18H,5-10,12H2,1H3,(H,19,21);2*1H/t13-,16+;;/m1../s1. The van der Waals surface area contributed by atoms with Crippen LogP contribution in [0.25, 0.3) is 0 Å². The van der Waals surface area contributed by atoms with Crippen molar-refractivity contribution in [2.75, 3.05) is 43.1 Å². The maximum absolute atomic E-state index is 12.4. The van der Waals surface area contributed by atoms with Crippen LogP contribution in [0.4, 0.5) is 5.69 Å². The van der Waals surface area contributed by atoms with Gasteiger partial charge in [-0.05, 0) is 24.6 Å². The smallest absolute Gasteiger partial charge is 0.244 e. The largest absolute Gasteiger partial charge is 0.375 e. The molecule has 2 atom stereocenters. The highest BCUT2D eigenvalue weighted by molar-refractivity contribution is 7.99. The average molecular weight is 408 g/mol. The summed E-state index contributed by atoms with van der Waals surface area (Å²) in [6.07, 6.45) is -0.0993. The van der Waals surface area contributed by atoms with Crippen molar-refractivity contribution in [3.05, 3.63) is 29.8 Å². The first kappa shape index (κ1) is 22.5. The highest BCUT2D eigenvalue weighted by Crippen LogP contribution is 2.17. The van der Waals surface area contributed by atoms with Crippen molar-refractivity contribution in [2.45, 2.75) is 25.6 Å². The first-order valence-electron chi connectivity index (χ1n) is 8.27. The Kier molecular flexibility index (Phi) is 10.2. The molecule has 2 heterocycles. The van der Waals surface area contributed by atoms with Gasteiger partial charge in [0.2, 0.25) is 5.91 Å². The van der Waals surface area contributed by atoms with Gasteiger partial charge in [-0.1, -0.05) is 12.1 Å². The molecule has 0 unspecified atom stereocenters. The third kappa shape index (κ3) is 6.62. The molecule has 0 radical (unpaired) electrons. The van der Waals surface area contributed by atoms with E-state index in [1.807, 2.05) is 30.8 Å². The summed E-state index contributed by atoms with van der Waals surface area (Å²) in [5.41, 5.74) is 2.11. The van der Waals surface area contributed by atoms with E-state index in [4.69, 9.17) is 4.74 Å². The van der Waals surface area contributed by atoms with Crippen LogP contribution in [0.3, 0.4) is 0 Å². The molecular formula is C17H27Cl2N3O2S. The van der Waals surface area contributed by atoms with Crippen LogP contribution >= 0.6 is 36.6 Å². The van der Waals surface area contributed by atoms with Gasteiger partial charge in [0.05, 0.1) is 12.7 Å². The fourth-order valence-corrected chi connectivity index (χ4v) is 3.99. The predicted octanol–water partition coefficient (Wildman–Crippen LogP) is 2.39. The Bertz CT molecular complexity index is 544. The number of carbonyl (C=O) groups excluding carboxylic acids is 1. The molecule has 0 spiro atoms. The number of halogens is 2. The van der Waals surface area contributed by atoms with Crippen LogP contribution in [0.1, 0.15) is 12.5 Å². The van der Waals surface area contributed by atoms with Crippen LogP contribution in [0.5, 0.6) is 0 Å². The van der Waals surface area contributed by atoms with Crippen LogP contribution in [0.15, 0.2) is 24.3 Å². The third-order valence-electron chi connectivity index (χ3n) is 4.30. The first-order valence-corrected chi connectivity index (χ1v) is 9.43. The van der Waals surface area contributed by atoms with Crippen molar-refractivity contribution in [1.82, 2.24) is 10.2 Å². The number of thioether (sulfide) groups is 1. The zero-order chi connectivity index (χ0) is 16.1. The normalized spacial score (nSPS) is 23.9. The summed E-state index contributed by atoms with van der Waals surface area (Å²) in [6, 6.07) is 7.88. The Hall–Kier alpha value is -0.500. The number of amides is 1. The number of anilines is 1. The maximum atomic E-state index is 12.4. The predicted molar refractivity (Wildman–Crippen MR) is 109 cm³/mol. The summed E-state index contributed by atoms with van der Waals surface area (Å²) in [4.78, 5) is 14.9. The van der Waals surface area contributed by atoms with E-state index in [2.05, 4.69) is 27.7 Å². The van der Waals surface area contributed by atoms with E-state index in [1.54, 1.807) is 0 Å². The zero-order valence-corrected chi connectivity index (χ0v) is 16.9. The van der Waals surface area contributed by atoms with Gasteiger partial charge in [0.25, 0.3) is 0 Å². The second kappa shape index (κ2) is 11.3. The number of hydrogen-bond acceptors (Lipinski definition) is 5. The second-order valence-electron chi connectivity index (χ2n) is 6.09. The van der Waals surface area contributed by atoms with Crippen molar-refractivity contribution in [3.8, 4) is 0 Å². The molecule has 8 heteroatoms. The van der Waals surface area contributed by atoms with Gasteiger partial charge in [0.1, 0.15) is 6.04 Å². The average Bonchev–Trinajstić information content (AvgIpc) is 2.56. The number of carbonyl (C=O) groups is 1. The molecule has 2 aliphatic rings. The monoisotopic (exact) mass is 407 g/mol. The van der Waals surface area contributed by atoms with Crippen LogP contribution in [0, 0.1) is 0 Å². The molecule has 0 aromatic heterocycles. The Morgan fingerprint density at radius 3 is 2.84 bits per heavy atom. The molecule has 142 valence electrons. The molecular weight excluding hydrogens is 381 g/mol. The Labute approximate surface area is 166 Å². The van der Waals surface area contributed by atoms with E-state index in [9.17, 15) is 4.79 Å². The summed E-state index contributed by atoms with van der Waals surface area (Å²) in [5, 5.41) is 6.24. The van der Waals surface area contributed by atoms with Crippen LogP contribution in [0.2, 0.25) is 0 Å². The molecule has 1 aromatic carbocycles. The minimum atomic E-state index is -0.286. The van der Waals surface area contributed by atoms with Gasteiger partial charge in [0.15, 0.2) is 0 Å². The lowest BCUT2D eigenvalue weighted by atomic mass is 10.1. The third-order valence-corrected chi connectivity index (χ3v) is 5.25. The highest BCUT2D eigenvalue weighted by atomic mass is 35.5. The van der Waals surface area contributed by atoms with Gasteiger partial charge in [-0.25, -0.2) is 0 Å². The second-order valence-corrected chi connectivity index (χ2v) is 7.31. The summed E-state index contributed by atoms with van der Waals surface area (Å²) in [6.45, 7) is 6.54. The minimum Gasteiger partial charge on any atom is -0.375 e. The fraction of sp³-hybridized carbons (Fsp3) is 0.588. The lowest BCUT2D eigenvalue weighted by Crippen LogP contribution is -2.53.